The molecule has 1 atom stereocenters. The van der Waals surface area contributed by atoms with E-state index in [9.17, 15) is 5.11 Å². The van der Waals surface area contributed by atoms with Crippen molar-refractivity contribution in [3.8, 4) is 0 Å². The van der Waals surface area contributed by atoms with Crippen LogP contribution in [-0.4, -0.2) is 39.8 Å². The Kier molecular flexibility index (Phi) is 2.89. The van der Waals surface area contributed by atoms with Gasteiger partial charge in [0.05, 0.1) is 17.5 Å². The van der Waals surface area contributed by atoms with Gasteiger partial charge < -0.3 is 20.9 Å². The summed E-state index contributed by atoms with van der Waals surface area (Å²) in [6.45, 7) is 3.04. The van der Waals surface area contributed by atoms with Crippen LogP contribution in [0.1, 0.15) is 18.9 Å². The summed E-state index contributed by atoms with van der Waals surface area (Å²) < 4.78 is 0. The van der Waals surface area contributed by atoms with E-state index in [1.807, 2.05) is 4.90 Å². The first-order valence-corrected chi connectivity index (χ1v) is 5.43. The van der Waals surface area contributed by atoms with Gasteiger partial charge in [-0.2, -0.15) is 0 Å². The third-order valence-corrected chi connectivity index (χ3v) is 2.98. The van der Waals surface area contributed by atoms with E-state index < -0.39 is 5.60 Å². The average molecular weight is 236 g/mol. The number of oxime groups is 1. The van der Waals surface area contributed by atoms with E-state index in [4.69, 9.17) is 10.9 Å². The highest BCUT2D eigenvalue weighted by atomic mass is 16.4. The van der Waals surface area contributed by atoms with Crippen molar-refractivity contribution >= 4 is 11.5 Å². The molecule has 2 heterocycles. The zero-order chi connectivity index (χ0) is 12.5. The molecule has 1 aliphatic heterocycles. The van der Waals surface area contributed by atoms with E-state index in [0.29, 0.717) is 18.5 Å². The van der Waals surface area contributed by atoms with Crippen LogP contribution in [0, 0.1) is 0 Å². The van der Waals surface area contributed by atoms with Crippen molar-refractivity contribution in [2.75, 3.05) is 18.0 Å². The van der Waals surface area contributed by atoms with Crippen molar-refractivity contribution in [1.82, 2.24) is 4.98 Å². The fourth-order valence-electron chi connectivity index (χ4n) is 2.06. The quantitative estimate of drug-likeness (QED) is 0.294. The molecule has 0 bridgehead atoms. The second-order valence-corrected chi connectivity index (χ2v) is 4.55. The summed E-state index contributed by atoms with van der Waals surface area (Å²) in [6.07, 6.45) is 3.94. The minimum Gasteiger partial charge on any atom is -0.409 e. The van der Waals surface area contributed by atoms with Gasteiger partial charge in [-0.1, -0.05) is 5.16 Å². The number of β-amino-alcohol motifs (C(OH)–C–C–N with tert-alkyl or cyclic N) is 1. The van der Waals surface area contributed by atoms with Crippen LogP contribution in [0.2, 0.25) is 0 Å². The van der Waals surface area contributed by atoms with Crippen LogP contribution in [0.15, 0.2) is 23.6 Å². The maximum absolute atomic E-state index is 9.94. The monoisotopic (exact) mass is 236 g/mol. The van der Waals surface area contributed by atoms with Crippen molar-refractivity contribution in [2.45, 2.75) is 18.9 Å². The first-order chi connectivity index (χ1) is 8.03. The van der Waals surface area contributed by atoms with Crippen molar-refractivity contribution in [3.05, 3.63) is 24.0 Å². The summed E-state index contributed by atoms with van der Waals surface area (Å²) in [5, 5.41) is 21.7. The number of hydrogen-bond acceptors (Lipinski definition) is 5. The molecule has 4 N–H and O–H groups in total. The number of aliphatic hydroxyl groups is 1. The number of rotatable bonds is 2. The molecule has 92 valence electrons. The second kappa shape index (κ2) is 4.21. The fraction of sp³-hybridized carbons (Fsp3) is 0.455. The Morgan fingerprint density at radius 1 is 1.65 bits per heavy atom. The van der Waals surface area contributed by atoms with Gasteiger partial charge in [0.1, 0.15) is 0 Å². The van der Waals surface area contributed by atoms with Crippen LogP contribution < -0.4 is 10.6 Å². The topological polar surface area (TPSA) is 95.0 Å². The number of nitrogens with zero attached hydrogens (tertiary/aromatic N) is 3. The zero-order valence-electron chi connectivity index (χ0n) is 9.67. The third-order valence-electron chi connectivity index (χ3n) is 2.98. The molecule has 0 radical (unpaired) electrons. The van der Waals surface area contributed by atoms with Gasteiger partial charge >= 0.3 is 0 Å². The molecule has 0 amide bonds. The van der Waals surface area contributed by atoms with Gasteiger partial charge in [0.2, 0.25) is 0 Å². The first kappa shape index (κ1) is 11.7. The van der Waals surface area contributed by atoms with E-state index in [-0.39, 0.29) is 5.84 Å². The predicted octanol–water partition coefficient (Wildman–Crippen LogP) is 0.137. The Morgan fingerprint density at radius 3 is 3.00 bits per heavy atom. The van der Waals surface area contributed by atoms with Gasteiger partial charge in [-0.05, 0) is 19.4 Å². The second-order valence-electron chi connectivity index (χ2n) is 4.55. The number of aromatic nitrogens is 1. The van der Waals surface area contributed by atoms with E-state index in [2.05, 4.69) is 10.1 Å². The molecule has 0 saturated carbocycles. The number of nitrogens with two attached hydrogens (primary N) is 1. The molecule has 0 spiro atoms. The highest BCUT2D eigenvalue weighted by Gasteiger charge is 2.32. The molecule has 2 rings (SSSR count). The van der Waals surface area contributed by atoms with E-state index in [1.165, 1.54) is 0 Å². The summed E-state index contributed by atoms with van der Waals surface area (Å²) in [5.74, 6) is 0.0499. The minimum absolute atomic E-state index is 0.0499. The van der Waals surface area contributed by atoms with Gasteiger partial charge in [0, 0.05) is 24.8 Å². The van der Waals surface area contributed by atoms with Crippen LogP contribution in [0.5, 0.6) is 0 Å². The lowest BCUT2D eigenvalue weighted by atomic mass is 10.1. The molecule has 6 heteroatoms. The molecule has 17 heavy (non-hydrogen) atoms. The lowest BCUT2D eigenvalue weighted by Gasteiger charge is -2.22. The lowest BCUT2D eigenvalue weighted by Crippen LogP contribution is -2.31. The molecule has 6 nitrogen and oxygen atoms in total. The molecule has 0 aliphatic carbocycles. The molecule has 1 unspecified atom stereocenters. The van der Waals surface area contributed by atoms with Crippen LogP contribution in [-0.2, 0) is 0 Å². The summed E-state index contributed by atoms with van der Waals surface area (Å²) in [7, 11) is 0. The highest BCUT2D eigenvalue weighted by molar-refractivity contribution is 6.02. The first-order valence-electron chi connectivity index (χ1n) is 5.43. The third kappa shape index (κ3) is 2.31. The van der Waals surface area contributed by atoms with Crippen molar-refractivity contribution in [2.24, 2.45) is 10.9 Å². The molecule has 1 saturated heterocycles. The lowest BCUT2D eigenvalue weighted by molar-refractivity contribution is 0.0839. The van der Waals surface area contributed by atoms with E-state index in [0.717, 1.165) is 12.2 Å². The van der Waals surface area contributed by atoms with Crippen LogP contribution in [0.4, 0.5) is 5.69 Å². The Bertz CT molecular complexity index is 445. The van der Waals surface area contributed by atoms with Crippen LogP contribution in [0.25, 0.3) is 0 Å². The number of pyridine rings is 1. The van der Waals surface area contributed by atoms with Gasteiger partial charge in [0.25, 0.3) is 0 Å². The zero-order valence-corrected chi connectivity index (χ0v) is 9.67. The molecule has 1 aromatic heterocycles. The van der Waals surface area contributed by atoms with Crippen molar-refractivity contribution in [3.63, 3.8) is 0 Å². The minimum atomic E-state index is -0.696. The van der Waals surface area contributed by atoms with Crippen LogP contribution in [0.3, 0.4) is 0 Å². The van der Waals surface area contributed by atoms with Gasteiger partial charge in [-0.3, -0.25) is 4.98 Å². The number of amidine groups is 1. The molecular formula is C11H16N4O2. The SMILES string of the molecule is CC1(O)CCN(c2cnccc2/C(N)=N/O)C1. The van der Waals surface area contributed by atoms with Gasteiger partial charge in [-0.25, -0.2) is 0 Å². The van der Waals surface area contributed by atoms with E-state index >= 15 is 0 Å². The van der Waals surface area contributed by atoms with Crippen molar-refractivity contribution < 1.29 is 10.3 Å². The summed E-state index contributed by atoms with van der Waals surface area (Å²) >= 11 is 0. The Morgan fingerprint density at radius 2 is 2.41 bits per heavy atom. The molecular weight excluding hydrogens is 220 g/mol. The number of hydrogen-bond donors (Lipinski definition) is 3. The fourth-order valence-corrected chi connectivity index (χ4v) is 2.06. The molecule has 0 aromatic carbocycles. The largest absolute Gasteiger partial charge is 0.409 e. The highest BCUT2D eigenvalue weighted by Crippen LogP contribution is 2.28. The average Bonchev–Trinajstić information content (AvgIpc) is 2.68. The molecule has 1 aliphatic rings. The molecule has 1 aromatic rings. The smallest absolute Gasteiger partial charge is 0.172 e. The summed E-state index contributed by atoms with van der Waals surface area (Å²) in [5.41, 5.74) is 6.32. The maximum Gasteiger partial charge on any atom is 0.172 e. The standard InChI is InChI=1S/C11H16N4O2/c1-11(16)3-5-15(7-11)9-6-13-4-2-8(9)10(12)14-17/h2,4,6,16-17H,3,5,7H2,1H3,(H2,12,14). The Labute approximate surface area is 99.4 Å². The molecule has 1 fully saturated rings. The van der Waals surface area contributed by atoms with Crippen LogP contribution >= 0.6 is 0 Å². The van der Waals surface area contributed by atoms with Gasteiger partial charge in [-0.15, -0.1) is 0 Å². The summed E-state index contributed by atoms with van der Waals surface area (Å²) in [4.78, 5) is 6.03. The Balaban J connectivity index is 2.33. The van der Waals surface area contributed by atoms with Gasteiger partial charge in [0.15, 0.2) is 5.84 Å². The normalized spacial score (nSPS) is 25.3. The van der Waals surface area contributed by atoms with E-state index in [1.54, 1.807) is 25.4 Å². The predicted molar refractivity (Wildman–Crippen MR) is 64.2 cm³/mol. The van der Waals surface area contributed by atoms with Crippen molar-refractivity contribution in [1.29, 1.82) is 0 Å². The Hall–Kier alpha value is -1.82. The maximum atomic E-state index is 9.94. The number of anilines is 1. The summed E-state index contributed by atoms with van der Waals surface area (Å²) in [6, 6.07) is 1.69.